The fourth-order valence-electron chi connectivity index (χ4n) is 3.71. The van der Waals surface area contributed by atoms with Gasteiger partial charge in [0.25, 0.3) is 0 Å². The van der Waals surface area contributed by atoms with Crippen LogP contribution in [0.3, 0.4) is 0 Å². The summed E-state index contributed by atoms with van der Waals surface area (Å²) in [6, 6.07) is 5.08. The number of nitrogens with zero attached hydrogens (tertiary/aromatic N) is 4. The topological polar surface area (TPSA) is 113 Å². The van der Waals surface area contributed by atoms with Gasteiger partial charge in [-0.25, -0.2) is 24.3 Å². The number of aliphatic hydroxyl groups excluding tert-OH is 1. The summed E-state index contributed by atoms with van der Waals surface area (Å²) in [5.74, 6) is 0.100. The molecule has 1 aliphatic heterocycles. The maximum atomic E-state index is 14.7. The van der Waals surface area contributed by atoms with Gasteiger partial charge in [-0.1, -0.05) is 19.9 Å². The van der Waals surface area contributed by atoms with Gasteiger partial charge in [-0.05, 0) is 38.3 Å². The molecule has 0 aliphatic carbocycles. The van der Waals surface area contributed by atoms with E-state index >= 15 is 0 Å². The van der Waals surface area contributed by atoms with Crippen LogP contribution in [-0.4, -0.2) is 55.5 Å². The van der Waals surface area contributed by atoms with Gasteiger partial charge in [0, 0.05) is 17.6 Å². The molecular formula is C23H28FN5O3. The number of aromatic nitrogens is 4. The third-order valence-corrected chi connectivity index (χ3v) is 5.48. The Morgan fingerprint density at radius 3 is 2.69 bits per heavy atom. The van der Waals surface area contributed by atoms with E-state index in [-0.39, 0.29) is 30.2 Å². The Morgan fingerprint density at radius 2 is 2.00 bits per heavy atom. The summed E-state index contributed by atoms with van der Waals surface area (Å²) in [7, 11) is 0. The molecule has 1 aliphatic rings. The lowest BCUT2D eigenvalue weighted by atomic mass is 10.00. The third-order valence-electron chi connectivity index (χ3n) is 5.48. The van der Waals surface area contributed by atoms with Gasteiger partial charge < -0.3 is 20.3 Å². The van der Waals surface area contributed by atoms with Crippen molar-refractivity contribution in [3.05, 3.63) is 41.7 Å². The molecule has 3 aromatic rings. The van der Waals surface area contributed by atoms with Crippen molar-refractivity contribution in [1.29, 1.82) is 0 Å². The molecule has 8 nitrogen and oxygen atoms in total. The number of nitrogens with one attached hydrogen (secondary N) is 1. The Labute approximate surface area is 185 Å². The van der Waals surface area contributed by atoms with Crippen LogP contribution in [0.15, 0.2) is 24.4 Å². The number of rotatable bonds is 5. The zero-order valence-corrected chi connectivity index (χ0v) is 18.6. The van der Waals surface area contributed by atoms with E-state index < -0.39 is 17.5 Å². The predicted octanol–water partition coefficient (Wildman–Crippen LogP) is 3.14. The largest absolute Gasteiger partial charge is 0.389 e. The zero-order chi connectivity index (χ0) is 23.0. The molecule has 0 bridgehead atoms. The van der Waals surface area contributed by atoms with Crippen LogP contribution in [0.25, 0.3) is 22.2 Å². The van der Waals surface area contributed by atoms with Crippen LogP contribution < -0.4 is 5.32 Å². The molecule has 4 rings (SSSR count). The Balaban J connectivity index is 1.75. The number of aliphatic hydroxyl groups is 2. The highest BCUT2D eigenvalue weighted by Gasteiger charge is 2.25. The molecule has 1 fully saturated rings. The SMILES string of the molecule is CC(C)c1nc(C(C)(C)O)nc2ccc(-c3nc(N[C@@H]4CCOC[C@H]4O)ncc3F)cc12. The summed E-state index contributed by atoms with van der Waals surface area (Å²) in [5, 5.41) is 24.3. The van der Waals surface area contributed by atoms with Crippen molar-refractivity contribution in [2.75, 3.05) is 18.5 Å². The average Bonchev–Trinajstić information content (AvgIpc) is 2.74. The molecule has 170 valence electrons. The van der Waals surface area contributed by atoms with Crippen LogP contribution in [0, 0.1) is 5.82 Å². The van der Waals surface area contributed by atoms with Crippen molar-refractivity contribution in [2.24, 2.45) is 0 Å². The summed E-state index contributed by atoms with van der Waals surface area (Å²) in [6.07, 6.45) is 1.04. The van der Waals surface area contributed by atoms with Gasteiger partial charge >= 0.3 is 0 Å². The maximum absolute atomic E-state index is 14.7. The second-order valence-electron chi connectivity index (χ2n) is 8.95. The average molecular weight is 442 g/mol. The first-order valence-corrected chi connectivity index (χ1v) is 10.7. The van der Waals surface area contributed by atoms with Gasteiger partial charge in [0.15, 0.2) is 11.6 Å². The highest BCUT2D eigenvalue weighted by molar-refractivity contribution is 5.86. The molecule has 9 heteroatoms. The van der Waals surface area contributed by atoms with Crippen molar-refractivity contribution in [2.45, 2.75) is 57.8 Å². The van der Waals surface area contributed by atoms with E-state index in [0.717, 1.165) is 17.3 Å². The molecule has 3 heterocycles. The first-order valence-electron chi connectivity index (χ1n) is 10.7. The van der Waals surface area contributed by atoms with E-state index in [0.29, 0.717) is 29.9 Å². The van der Waals surface area contributed by atoms with E-state index in [4.69, 9.17) is 4.74 Å². The van der Waals surface area contributed by atoms with Crippen LogP contribution in [0.4, 0.5) is 10.3 Å². The Bertz CT molecular complexity index is 1130. The molecule has 2 atom stereocenters. The molecule has 1 saturated heterocycles. The predicted molar refractivity (Wildman–Crippen MR) is 119 cm³/mol. The fourth-order valence-corrected chi connectivity index (χ4v) is 3.71. The summed E-state index contributed by atoms with van der Waals surface area (Å²) in [4.78, 5) is 17.5. The number of anilines is 1. The van der Waals surface area contributed by atoms with E-state index in [2.05, 4.69) is 25.3 Å². The lowest BCUT2D eigenvalue weighted by Crippen LogP contribution is -2.42. The van der Waals surface area contributed by atoms with Gasteiger partial charge in [-0.2, -0.15) is 0 Å². The molecule has 2 aromatic heterocycles. The first kappa shape index (κ1) is 22.4. The molecule has 0 unspecified atom stereocenters. The minimum absolute atomic E-state index is 0.0688. The minimum atomic E-state index is -1.18. The van der Waals surface area contributed by atoms with E-state index in [1.54, 1.807) is 26.0 Å². The Hall–Kier alpha value is -2.75. The summed E-state index contributed by atoms with van der Waals surface area (Å²) in [6.45, 7) is 8.07. The van der Waals surface area contributed by atoms with Gasteiger partial charge in [-0.3, -0.25) is 0 Å². The van der Waals surface area contributed by atoms with Gasteiger partial charge in [0.05, 0.1) is 36.2 Å². The standard InChI is InChI=1S/C23H28FN5O3/c1-12(2)19-14-9-13(5-6-16(14)26-21(28-19)23(3,4)31)20-15(24)10-25-22(29-20)27-17-7-8-32-11-18(17)30/h5-6,9-10,12,17-18,30-31H,7-8,11H2,1-4H3,(H,25,27,29)/t17-,18-/m1/s1. The number of ether oxygens (including phenoxy) is 1. The van der Waals surface area contributed by atoms with Crippen LogP contribution >= 0.6 is 0 Å². The van der Waals surface area contributed by atoms with Crippen molar-refractivity contribution in [3.63, 3.8) is 0 Å². The lowest BCUT2D eigenvalue weighted by Gasteiger charge is -2.28. The monoisotopic (exact) mass is 441 g/mol. The minimum Gasteiger partial charge on any atom is -0.389 e. The van der Waals surface area contributed by atoms with Gasteiger partial charge in [0.2, 0.25) is 5.95 Å². The smallest absolute Gasteiger partial charge is 0.223 e. The van der Waals surface area contributed by atoms with E-state index in [1.807, 2.05) is 19.9 Å². The number of fused-ring (bicyclic) bond motifs is 1. The lowest BCUT2D eigenvalue weighted by molar-refractivity contribution is -0.0136. The fraction of sp³-hybridized carbons (Fsp3) is 0.478. The second-order valence-corrected chi connectivity index (χ2v) is 8.95. The van der Waals surface area contributed by atoms with Gasteiger partial charge in [-0.15, -0.1) is 0 Å². The maximum Gasteiger partial charge on any atom is 0.223 e. The Morgan fingerprint density at radius 1 is 1.22 bits per heavy atom. The number of benzene rings is 1. The van der Waals surface area contributed by atoms with Crippen molar-refractivity contribution < 1.29 is 19.3 Å². The first-order chi connectivity index (χ1) is 15.1. The third kappa shape index (κ3) is 4.55. The summed E-state index contributed by atoms with van der Waals surface area (Å²) < 4.78 is 19.9. The second kappa shape index (κ2) is 8.65. The van der Waals surface area contributed by atoms with Crippen LogP contribution in [0.2, 0.25) is 0 Å². The highest BCUT2D eigenvalue weighted by atomic mass is 19.1. The molecule has 1 aromatic carbocycles. The number of hydrogen-bond donors (Lipinski definition) is 3. The van der Waals surface area contributed by atoms with Crippen molar-refractivity contribution in [1.82, 2.24) is 19.9 Å². The van der Waals surface area contributed by atoms with Crippen LogP contribution in [-0.2, 0) is 10.3 Å². The summed E-state index contributed by atoms with van der Waals surface area (Å²) >= 11 is 0. The molecule has 0 radical (unpaired) electrons. The quantitative estimate of drug-likeness (QED) is 0.553. The molecule has 3 N–H and O–H groups in total. The molecule has 0 spiro atoms. The van der Waals surface area contributed by atoms with E-state index in [1.165, 1.54) is 0 Å². The molecule has 0 amide bonds. The zero-order valence-electron chi connectivity index (χ0n) is 18.6. The molecule has 0 saturated carbocycles. The molecular weight excluding hydrogens is 413 g/mol. The van der Waals surface area contributed by atoms with E-state index in [9.17, 15) is 14.6 Å². The number of hydrogen-bond acceptors (Lipinski definition) is 8. The van der Waals surface area contributed by atoms with Crippen molar-refractivity contribution >= 4 is 16.9 Å². The normalized spacial score (nSPS) is 19.5. The Kier molecular flexibility index (Phi) is 6.07. The van der Waals surface area contributed by atoms with Crippen LogP contribution in [0.1, 0.15) is 51.6 Å². The summed E-state index contributed by atoms with van der Waals surface area (Å²) in [5.41, 5.74) is 0.974. The van der Waals surface area contributed by atoms with Gasteiger partial charge in [0.1, 0.15) is 11.3 Å². The van der Waals surface area contributed by atoms with Crippen LogP contribution in [0.5, 0.6) is 0 Å². The van der Waals surface area contributed by atoms with Crippen molar-refractivity contribution in [3.8, 4) is 11.3 Å². The number of halogens is 1. The highest BCUT2D eigenvalue weighted by Crippen LogP contribution is 2.31. The molecule has 32 heavy (non-hydrogen) atoms.